The van der Waals surface area contributed by atoms with Crippen LogP contribution in [-0.2, 0) is 0 Å². The van der Waals surface area contributed by atoms with Gasteiger partial charge >= 0.3 is 0 Å². The zero-order chi connectivity index (χ0) is 11.1. The van der Waals surface area contributed by atoms with Crippen LogP contribution in [0.3, 0.4) is 0 Å². The van der Waals surface area contributed by atoms with E-state index >= 15 is 0 Å². The monoisotopic (exact) mass is 205 g/mol. The van der Waals surface area contributed by atoms with Crippen LogP contribution in [0, 0.1) is 0 Å². The molecule has 0 spiro atoms. The third kappa shape index (κ3) is 4.17. The highest BCUT2D eigenvalue weighted by Crippen LogP contribution is 2.15. The Morgan fingerprint density at radius 3 is 2.93 bits per heavy atom. The summed E-state index contributed by atoms with van der Waals surface area (Å²) in [4.78, 5) is 0. The van der Waals surface area contributed by atoms with Gasteiger partial charge in [-0.25, -0.2) is 0 Å². The summed E-state index contributed by atoms with van der Waals surface area (Å²) >= 11 is 0. The van der Waals surface area contributed by atoms with E-state index in [0.29, 0.717) is 6.61 Å². The van der Waals surface area contributed by atoms with Gasteiger partial charge in [0, 0.05) is 6.54 Å². The Morgan fingerprint density at radius 2 is 2.27 bits per heavy atom. The Hall–Kier alpha value is -1.28. The summed E-state index contributed by atoms with van der Waals surface area (Å²) in [5, 5.41) is 3.13. The Kier molecular flexibility index (Phi) is 4.91. The molecule has 0 aliphatic carbocycles. The molecule has 0 saturated carbocycles. The number of hydrogen-bond acceptors (Lipinski definition) is 2. The molecule has 2 nitrogen and oxygen atoms in total. The van der Waals surface area contributed by atoms with Gasteiger partial charge in [0.15, 0.2) is 0 Å². The van der Waals surface area contributed by atoms with Gasteiger partial charge in [-0.3, -0.25) is 0 Å². The molecule has 0 fully saturated rings. The van der Waals surface area contributed by atoms with Crippen molar-refractivity contribution in [1.29, 1.82) is 0 Å². The van der Waals surface area contributed by atoms with Crippen LogP contribution in [0.2, 0.25) is 0 Å². The van der Waals surface area contributed by atoms with Crippen molar-refractivity contribution in [3.8, 4) is 5.75 Å². The molecule has 1 N–H and O–H groups in total. The van der Waals surface area contributed by atoms with Crippen molar-refractivity contribution in [3.63, 3.8) is 0 Å². The number of ether oxygens (including phenoxy) is 1. The lowest BCUT2D eigenvalue weighted by atomic mass is 10.1. The molecule has 0 unspecified atom stereocenters. The maximum absolute atomic E-state index is 5.44. The summed E-state index contributed by atoms with van der Waals surface area (Å²) in [6.07, 6.45) is 2.17. The first kappa shape index (κ1) is 11.8. The first-order chi connectivity index (χ1) is 7.26. The van der Waals surface area contributed by atoms with E-state index in [1.165, 1.54) is 11.1 Å². The first-order valence-electron chi connectivity index (χ1n) is 5.31. The van der Waals surface area contributed by atoms with E-state index in [-0.39, 0.29) is 0 Å². The molecular weight excluding hydrogens is 186 g/mol. The Balaban J connectivity index is 2.76. The molecule has 0 heterocycles. The summed E-state index contributed by atoms with van der Waals surface area (Å²) in [5.41, 5.74) is 2.50. The molecule has 0 radical (unpaired) electrons. The third-order valence-electron chi connectivity index (χ3n) is 2.04. The van der Waals surface area contributed by atoms with Crippen LogP contribution >= 0.6 is 0 Å². The summed E-state index contributed by atoms with van der Waals surface area (Å²) in [6, 6.07) is 8.14. The molecule has 0 saturated heterocycles. The van der Waals surface area contributed by atoms with Crippen LogP contribution in [-0.4, -0.2) is 20.2 Å². The lowest BCUT2D eigenvalue weighted by Crippen LogP contribution is -2.08. The van der Waals surface area contributed by atoms with Crippen molar-refractivity contribution in [1.82, 2.24) is 5.32 Å². The molecule has 1 aromatic rings. The molecule has 0 bridgehead atoms. The van der Waals surface area contributed by atoms with Gasteiger partial charge < -0.3 is 10.1 Å². The van der Waals surface area contributed by atoms with E-state index in [0.717, 1.165) is 12.3 Å². The van der Waals surface area contributed by atoms with Gasteiger partial charge in [-0.15, -0.1) is 0 Å². The highest BCUT2D eigenvalue weighted by molar-refractivity contribution is 5.54. The van der Waals surface area contributed by atoms with Crippen molar-refractivity contribution in [2.45, 2.75) is 13.8 Å². The second kappa shape index (κ2) is 6.25. The minimum absolute atomic E-state index is 0.711. The van der Waals surface area contributed by atoms with E-state index in [2.05, 4.69) is 30.4 Å². The minimum Gasteiger partial charge on any atom is -0.494 e. The van der Waals surface area contributed by atoms with Crippen LogP contribution in [0.15, 0.2) is 29.8 Å². The summed E-state index contributed by atoms with van der Waals surface area (Å²) in [7, 11) is 1.95. The molecule has 2 heteroatoms. The highest BCUT2D eigenvalue weighted by Gasteiger charge is 1.94. The summed E-state index contributed by atoms with van der Waals surface area (Å²) < 4.78 is 5.44. The van der Waals surface area contributed by atoms with Crippen molar-refractivity contribution >= 4 is 6.08 Å². The standard InChI is InChI=1S/C13H19NO/c1-4-15-13-7-5-6-12(9-13)8-11(2)10-14-3/h5-9,14H,4,10H2,1-3H3. The predicted molar refractivity (Wildman–Crippen MR) is 65.2 cm³/mol. The van der Waals surface area contributed by atoms with E-state index in [1.54, 1.807) is 0 Å². The first-order valence-corrected chi connectivity index (χ1v) is 5.31. The zero-order valence-electron chi connectivity index (χ0n) is 9.71. The van der Waals surface area contributed by atoms with Crippen LogP contribution in [0.25, 0.3) is 6.08 Å². The quantitative estimate of drug-likeness (QED) is 0.798. The number of nitrogens with one attached hydrogen (secondary N) is 1. The fourth-order valence-corrected chi connectivity index (χ4v) is 1.48. The second-order valence-electron chi connectivity index (χ2n) is 3.53. The van der Waals surface area contributed by atoms with E-state index in [1.807, 2.05) is 26.1 Å². The molecule has 0 aliphatic rings. The molecule has 0 aromatic heterocycles. The third-order valence-corrected chi connectivity index (χ3v) is 2.04. The van der Waals surface area contributed by atoms with Crippen LogP contribution in [0.5, 0.6) is 5.75 Å². The van der Waals surface area contributed by atoms with Gasteiger partial charge in [0.1, 0.15) is 5.75 Å². The van der Waals surface area contributed by atoms with E-state index in [4.69, 9.17) is 4.74 Å². The number of rotatable bonds is 5. The van der Waals surface area contributed by atoms with Crippen molar-refractivity contribution in [2.75, 3.05) is 20.2 Å². The SMILES string of the molecule is CCOc1cccc(C=C(C)CNC)c1. The molecule has 1 rings (SSSR count). The van der Waals surface area contributed by atoms with Crippen molar-refractivity contribution in [3.05, 3.63) is 35.4 Å². The molecule has 0 aliphatic heterocycles. The van der Waals surface area contributed by atoms with Crippen LogP contribution in [0.1, 0.15) is 19.4 Å². The van der Waals surface area contributed by atoms with Gasteiger partial charge in [-0.1, -0.05) is 23.8 Å². The highest BCUT2D eigenvalue weighted by atomic mass is 16.5. The smallest absolute Gasteiger partial charge is 0.119 e. The normalized spacial score (nSPS) is 11.5. The Morgan fingerprint density at radius 1 is 1.47 bits per heavy atom. The Bertz CT molecular complexity index is 331. The number of likely N-dealkylation sites (N-methyl/N-ethyl adjacent to an activating group) is 1. The molecule has 15 heavy (non-hydrogen) atoms. The van der Waals surface area contributed by atoms with Gasteiger partial charge in [0.2, 0.25) is 0 Å². The number of benzene rings is 1. The van der Waals surface area contributed by atoms with Gasteiger partial charge in [0.05, 0.1) is 6.61 Å². The van der Waals surface area contributed by atoms with Crippen LogP contribution in [0.4, 0.5) is 0 Å². The fraction of sp³-hybridized carbons (Fsp3) is 0.385. The lowest BCUT2D eigenvalue weighted by molar-refractivity contribution is 0.340. The van der Waals surface area contributed by atoms with E-state index in [9.17, 15) is 0 Å². The fourth-order valence-electron chi connectivity index (χ4n) is 1.48. The topological polar surface area (TPSA) is 21.3 Å². The largest absolute Gasteiger partial charge is 0.494 e. The van der Waals surface area contributed by atoms with E-state index < -0.39 is 0 Å². The Labute approximate surface area is 92.0 Å². The van der Waals surface area contributed by atoms with Crippen LogP contribution < -0.4 is 10.1 Å². The molecule has 1 aromatic carbocycles. The van der Waals surface area contributed by atoms with Gasteiger partial charge in [0.25, 0.3) is 0 Å². The average Bonchev–Trinajstić information content (AvgIpc) is 2.19. The van der Waals surface area contributed by atoms with Crippen molar-refractivity contribution in [2.24, 2.45) is 0 Å². The zero-order valence-corrected chi connectivity index (χ0v) is 9.71. The number of hydrogen-bond donors (Lipinski definition) is 1. The summed E-state index contributed by atoms with van der Waals surface area (Å²) in [6.45, 7) is 5.74. The molecule has 82 valence electrons. The second-order valence-corrected chi connectivity index (χ2v) is 3.53. The molecule has 0 atom stereocenters. The van der Waals surface area contributed by atoms with Gasteiger partial charge in [-0.2, -0.15) is 0 Å². The predicted octanol–water partition coefficient (Wildman–Crippen LogP) is 2.71. The maximum Gasteiger partial charge on any atom is 0.119 e. The summed E-state index contributed by atoms with van der Waals surface area (Å²) in [5.74, 6) is 0.934. The lowest BCUT2D eigenvalue weighted by Gasteiger charge is -2.04. The average molecular weight is 205 g/mol. The minimum atomic E-state index is 0.711. The van der Waals surface area contributed by atoms with Gasteiger partial charge in [-0.05, 0) is 38.6 Å². The maximum atomic E-state index is 5.44. The van der Waals surface area contributed by atoms with Crippen molar-refractivity contribution < 1.29 is 4.74 Å². The molecule has 0 amide bonds. The molecular formula is C13H19NO.